The zero-order valence-corrected chi connectivity index (χ0v) is 18.9. The van der Waals surface area contributed by atoms with Crippen LogP contribution in [0.4, 0.5) is 11.6 Å². The van der Waals surface area contributed by atoms with Gasteiger partial charge in [0, 0.05) is 58.2 Å². The molecule has 2 aromatic rings. The molecule has 0 radical (unpaired) electrons. The SMILES string of the molecule is CCNC(=NCc1ccc(N2CCC(C)CC2)nc1)N1CCN(c2ccccn2)CC1. The van der Waals surface area contributed by atoms with E-state index in [1.807, 2.05) is 24.5 Å². The highest BCUT2D eigenvalue weighted by atomic mass is 15.4. The predicted octanol–water partition coefficient (Wildman–Crippen LogP) is 3.00. The molecule has 0 unspecified atom stereocenters. The molecular weight excluding hydrogens is 386 g/mol. The van der Waals surface area contributed by atoms with Crippen LogP contribution in [0.5, 0.6) is 0 Å². The Labute approximate surface area is 186 Å². The molecule has 0 aliphatic carbocycles. The lowest BCUT2D eigenvalue weighted by atomic mass is 9.99. The summed E-state index contributed by atoms with van der Waals surface area (Å²) < 4.78 is 0. The molecule has 2 aliphatic heterocycles. The van der Waals surface area contributed by atoms with E-state index >= 15 is 0 Å². The molecule has 166 valence electrons. The molecule has 0 spiro atoms. The van der Waals surface area contributed by atoms with Crippen molar-refractivity contribution in [2.24, 2.45) is 10.9 Å². The summed E-state index contributed by atoms with van der Waals surface area (Å²) in [6.07, 6.45) is 6.36. The molecule has 4 rings (SSSR count). The molecule has 0 aromatic carbocycles. The summed E-state index contributed by atoms with van der Waals surface area (Å²) in [5.41, 5.74) is 1.15. The van der Waals surface area contributed by atoms with Crippen LogP contribution in [0.1, 0.15) is 32.3 Å². The third-order valence-corrected chi connectivity index (χ3v) is 6.22. The number of guanidine groups is 1. The maximum atomic E-state index is 4.90. The molecule has 0 amide bonds. The van der Waals surface area contributed by atoms with Gasteiger partial charge in [0.15, 0.2) is 5.96 Å². The first-order valence-corrected chi connectivity index (χ1v) is 11.6. The van der Waals surface area contributed by atoms with Crippen LogP contribution in [0, 0.1) is 5.92 Å². The molecule has 7 heteroatoms. The minimum Gasteiger partial charge on any atom is -0.357 e. The van der Waals surface area contributed by atoms with Crippen LogP contribution in [0.15, 0.2) is 47.7 Å². The summed E-state index contributed by atoms with van der Waals surface area (Å²) in [6, 6.07) is 10.4. The molecule has 7 nitrogen and oxygen atoms in total. The van der Waals surface area contributed by atoms with Crippen molar-refractivity contribution in [3.8, 4) is 0 Å². The Balaban J connectivity index is 1.33. The second-order valence-electron chi connectivity index (χ2n) is 8.53. The van der Waals surface area contributed by atoms with Crippen molar-refractivity contribution >= 4 is 17.6 Å². The lowest BCUT2D eigenvalue weighted by Gasteiger charge is -2.37. The van der Waals surface area contributed by atoms with Gasteiger partial charge in [-0.15, -0.1) is 0 Å². The van der Waals surface area contributed by atoms with Crippen molar-refractivity contribution in [3.05, 3.63) is 48.3 Å². The van der Waals surface area contributed by atoms with Gasteiger partial charge in [0.05, 0.1) is 6.54 Å². The number of nitrogens with zero attached hydrogens (tertiary/aromatic N) is 6. The lowest BCUT2D eigenvalue weighted by molar-refractivity contribution is 0.371. The molecule has 2 aliphatic rings. The summed E-state index contributed by atoms with van der Waals surface area (Å²) in [6.45, 7) is 12.0. The Morgan fingerprint density at radius 1 is 0.968 bits per heavy atom. The van der Waals surface area contributed by atoms with Crippen molar-refractivity contribution in [2.45, 2.75) is 33.2 Å². The Hall–Kier alpha value is -2.83. The molecule has 2 fully saturated rings. The maximum Gasteiger partial charge on any atom is 0.194 e. The Morgan fingerprint density at radius 2 is 1.71 bits per heavy atom. The van der Waals surface area contributed by atoms with E-state index in [0.29, 0.717) is 6.54 Å². The van der Waals surface area contributed by atoms with E-state index in [1.54, 1.807) is 0 Å². The number of hydrogen-bond acceptors (Lipinski definition) is 5. The van der Waals surface area contributed by atoms with E-state index in [0.717, 1.165) is 74.9 Å². The second-order valence-corrected chi connectivity index (χ2v) is 8.53. The zero-order valence-electron chi connectivity index (χ0n) is 18.9. The van der Waals surface area contributed by atoms with Crippen molar-refractivity contribution < 1.29 is 0 Å². The predicted molar refractivity (Wildman–Crippen MR) is 128 cm³/mol. The van der Waals surface area contributed by atoms with Crippen LogP contribution in [-0.4, -0.2) is 66.6 Å². The smallest absolute Gasteiger partial charge is 0.194 e. The highest BCUT2D eigenvalue weighted by Crippen LogP contribution is 2.21. The summed E-state index contributed by atoms with van der Waals surface area (Å²) in [7, 11) is 0. The largest absolute Gasteiger partial charge is 0.357 e. The number of nitrogens with one attached hydrogen (secondary N) is 1. The topological polar surface area (TPSA) is 59.9 Å². The van der Waals surface area contributed by atoms with E-state index in [-0.39, 0.29) is 0 Å². The Morgan fingerprint density at radius 3 is 2.35 bits per heavy atom. The number of aromatic nitrogens is 2. The van der Waals surface area contributed by atoms with Gasteiger partial charge in [0.1, 0.15) is 11.6 Å². The quantitative estimate of drug-likeness (QED) is 0.592. The lowest BCUT2D eigenvalue weighted by Crippen LogP contribution is -2.52. The number of aliphatic imine (C=N–C) groups is 1. The van der Waals surface area contributed by atoms with Crippen LogP contribution >= 0.6 is 0 Å². The molecule has 0 atom stereocenters. The number of piperidine rings is 1. The molecule has 2 aromatic heterocycles. The number of rotatable bonds is 5. The highest BCUT2D eigenvalue weighted by Gasteiger charge is 2.20. The third-order valence-electron chi connectivity index (χ3n) is 6.22. The summed E-state index contributed by atoms with van der Waals surface area (Å²) in [5.74, 6) is 3.97. The minimum absolute atomic E-state index is 0.646. The summed E-state index contributed by atoms with van der Waals surface area (Å²) >= 11 is 0. The van der Waals surface area contributed by atoms with E-state index in [4.69, 9.17) is 9.98 Å². The second kappa shape index (κ2) is 10.5. The molecule has 4 heterocycles. The molecule has 2 saturated heterocycles. The first kappa shape index (κ1) is 21.4. The van der Waals surface area contributed by atoms with Gasteiger partial charge in [0.2, 0.25) is 0 Å². The average Bonchev–Trinajstić information content (AvgIpc) is 2.83. The van der Waals surface area contributed by atoms with Crippen LogP contribution in [0.25, 0.3) is 0 Å². The Bertz CT molecular complexity index is 821. The van der Waals surface area contributed by atoms with E-state index in [1.165, 1.54) is 12.8 Å². The van der Waals surface area contributed by atoms with Crippen molar-refractivity contribution in [2.75, 3.05) is 55.6 Å². The first-order chi connectivity index (χ1) is 15.2. The number of hydrogen-bond donors (Lipinski definition) is 1. The molecule has 0 bridgehead atoms. The molecule has 1 N–H and O–H groups in total. The highest BCUT2D eigenvalue weighted by molar-refractivity contribution is 5.80. The van der Waals surface area contributed by atoms with Crippen LogP contribution in [0.2, 0.25) is 0 Å². The van der Waals surface area contributed by atoms with Crippen molar-refractivity contribution in [1.82, 2.24) is 20.2 Å². The van der Waals surface area contributed by atoms with E-state index in [9.17, 15) is 0 Å². The minimum atomic E-state index is 0.646. The summed E-state index contributed by atoms with van der Waals surface area (Å²) in [4.78, 5) is 21.2. The van der Waals surface area contributed by atoms with Crippen molar-refractivity contribution in [1.29, 1.82) is 0 Å². The third kappa shape index (κ3) is 5.66. The fourth-order valence-electron chi connectivity index (χ4n) is 4.22. The van der Waals surface area contributed by atoms with Gasteiger partial charge < -0.3 is 20.0 Å². The monoisotopic (exact) mass is 421 g/mol. The zero-order chi connectivity index (χ0) is 21.5. The number of piperazine rings is 1. The molecular formula is C24H35N7. The van der Waals surface area contributed by atoms with Gasteiger partial charge in [-0.25, -0.2) is 15.0 Å². The van der Waals surface area contributed by atoms with Crippen LogP contribution < -0.4 is 15.1 Å². The number of anilines is 2. The fraction of sp³-hybridized carbons (Fsp3) is 0.542. The van der Waals surface area contributed by atoms with Crippen LogP contribution in [0.3, 0.4) is 0 Å². The van der Waals surface area contributed by atoms with Crippen molar-refractivity contribution in [3.63, 3.8) is 0 Å². The molecule has 31 heavy (non-hydrogen) atoms. The Kier molecular flexibility index (Phi) is 7.22. The van der Waals surface area contributed by atoms with E-state index < -0.39 is 0 Å². The normalized spacial score (nSPS) is 18.4. The standard InChI is InChI=1S/C24H35N7/c1-3-25-24(31-16-14-30(15-17-31)22-6-4-5-11-26-22)28-19-21-7-8-23(27-18-21)29-12-9-20(2)10-13-29/h4-8,11,18,20H,3,9-10,12-17,19H2,1-2H3,(H,25,28). The molecule has 0 saturated carbocycles. The van der Waals surface area contributed by atoms with Gasteiger partial charge in [-0.05, 0) is 49.4 Å². The fourth-order valence-corrected chi connectivity index (χ4v) is 4.22. The van der Waals surface area contributed by atoms with Gasteiger partial charge in [-0.1, -0.05) is 19.1 Å². The summed E-state index contributed by atoms with van der Waals surface area (Å²) in [5, 5.41) is 3.46. The van der Waals surface area contributed by atoms with Gasteiger partial charge in [-0.3, -0.25) is 0 Å². The van der Waals surface area contributed by atoms with Gasteiger partial charge in [0.25, 0.3) is 0 Å². The average molecular weight is 422 g/mol. The van der Waals surface area contributed by atoms with E-state index in [2.05, 4.69) is 57.0 Å². The number of pyridine rings is 2. The van der Waals surface area contributed by atoms with Gasteiger partial charge >= 0.3 is 0 Å². The van der Waals surface area contributed by atoms with Crippen LogP contribution in [-0.2, 0) is 6.54 Å². The van der Waals surface area contributed by atoms with Gasteiger partial charge in [-0.2, -0.15) is 0 Å². The maximum absolute atomic E-state index is 4.90. The first-order valence-electron chi connectivity index (χ1n) is 11.6.